The molecule has 0 spiro atoms. The van der Waals surface area contributed by atoms with E-state index in [2.05, 4.69) is 66.4 Å². The number of aliphatic imine (C=N–C) groups is 1. The maximum atomic E-state index is 6.07. The minimum atomic E-state index is -0.247. The number of ether oxygens (including phenoxy) is 1. The number of fused-ring (bicyclic) bond motifs is 1. The molecular weight excluding hydrogens is 466 g/mol. The number of rotatable bonds is 5. The Labute approximate surface area is 215 Å². The predicted octanol–water partition coefficient (Wildman–Crippen LogP) is 7.79. The molecule has 4 aromatic carbocycles. The molecule has 0 radical (unpaired) electrons. The molecule has 0 aromatic heterocycles. The molecule has 6 rings (SSSR count). The summed E-state index contributed by atoms with van der Waals surface area (Å²) in [5, 5.41) is 5.42. The average molecular weight is 492 g/mol. The Morgan fingerprint density at radius 2 is 1.50 bits per heavy atom. The van der Waals surface area contributed by atoms with E-state index in [-0.39, 0.29) is 11.4 Å². The third-order valence-electron chi connectivity index (χ3n) is 6.16. The molecule has 2 aliphatic heterocycles. The molecule has 0 aliphatic carbocycles. The molecule has 2 atom stereocenters. The largest absolute Gasteiger partial charge is 0.457 e. The van der Waals surface area contributed by atoms with Crippen LogP contribution in [0.1, 0.15) is 22.8 Å². The maximum absolute atomic E-state index is 6.07. The van der Waals surface area contributed by atoms with Crippen LogP contribution in [0.5, 0.6) is 11.5 Å². The van der Waals surface area contributed by atoms with Gasteiger partial charge in [-0.1, -0.05) is 82.6 Å². The summed E-state index contributed by atoms with van der Waals surface area (Å²) in [6, 6.07) is 34.5. The number of hydrogen-bond acceptors (Lipinski definition) is 5. The summed E-state index contributed by atoms with van der Waals surface area (Å²) >= 11 is 1.68. The third kappa shape index (κ3) is 4.48. The Balaban J connectivity index is 1.33. The highest BCUT2D eigenvalue weighted by Crippen LogP contribution is 2.45. The van der Waals surface area contributed by atoms with Crippen molar-refractivity contribution in [1.29, 1.82) is 0 Å². The molecule has 0 amide bonds. The molecular formula is C30H25N3O2S. The summed E-state index contributed by atoms with van der Waals surface area (Å²) in [7, 11) is 0. The minimum absolute atomic E-state index is 0.0255. The summed E-state index contributed by atoms with van der Waals surface area (Å²) in [5.41, 5.74) is 5.36. The fourth-order valence-corrected chi connectivity index (χ4v) is 5.53. The fraction of sp³-hybridized carbons (Fsp3) is 0.133. The van der Waals surface area contributed by atoms with Gasteiger partial charge in [0.15, 0.2) is 17.1 Å². The number of thioether (sulfide) groups is 1. The van der Waals surface area contributed by atoms with Crippen molar-refractivity contribution in [2.45, 2.75) is 25.2 Å². The first-order valence-corrected chi connectivity index (χ1v) is 12.8. The lowest BCUT2D eigenvalue weighted by atomic mass is 10.1. The van der Waals surface area contributed by atoms with E-state index in [1.54, 1.807) is 11.8 Å². The topological polar surface area (TPSA) is 46.4 Å². The van der Waals surface area contributed by atoms with E-state index >= 15 is 0 Å². The van der Waals surface area contributed by atoms with Crippen LogP contribution in [0.25, 0.3) is 0 Å². The Hall–Kier alpha value is -4.03. The van der Waals surface area contributed by atoms with Crippen LogP contribution in [0, 0.1) is 13.8 Å². The fourth-order valence-electron chi connectivity index (χ4n) is 4.26. The Kier molecular flexibility index (Phi) is 5.95. The highest BCUT2D eigenvalue weighted by molar-refractivity contribution is 8.16. The molecule has 2 unspecified atom stereocenters. The molecule has 36 heavy (non-hydrogen) atoms. The van der Waals surface area contributed by atoms with Gasteiger partial charge in [0.1, 0.15) is 16.7 Å². The molecule has 0 N–H and O–H groups in total. The van der Waals surface area contributed by atoms with E-state index in [4.69, 9.17) is 14.6 Å². The van der Waals surface area contributed by atoms with Crippen molar-refractivity contribution >= 4 is 34.1 Å². The van der Waals surface area contributed by atoms with E-state index in [1.165, 1.54) is 11.1 Å². The normalized spacial score (nSPS) is 19.7. The molecule has 0 saturated carbocycles. The zero-order valence-electron chi connectivity index (χ0n) is 20.0. The molecule has 2 heterocycles. The quantitative estimate of drug-likeness (QED) is 0.286. The van der Waals surface area contributed by atoms with Crippen LogP contribution < -0.4 is 9.64 Å². The van der Waals surface area contributed by atoms with Gasteiger partial charge in [0, 0.05) is 11.3 Å². The highest BCUT2D eigenvalue weighted by atomic mass is 32.2. The van der Waals surface area contributed by atoms with Crippen LogP contribution in [-0.2, 0) is 4.84 Å². The first kappa shape index (κ1) is 22.4. The van der Waals surface area contributed by atoms with Gasteiger partial charge in [0.2, 0.25) is 0 Å². The summed E-state index contributed by atoms with van der Waals surface area (Å²) in [5.74, 6) is 2.42. The van der Waals surface area contributed by atoms with E-state index < -0.39 is 0 Å². The summed E-state index contributed by atoms with van der Waals surface area (Å²) in [6.07, 6.45) is -0.247. The van der Waals surface area contributed by atoms with E-state index in [0.717, 1.165) is 39.4 Å². The lowest BCUT2D eigenvalue weighted by Gasteiger charge is -2.18. The molecule has 1 fully saturated rings. The SMILES string of the molecule is Cc1ccc(N=C2SC3C(=NOC3c3cccc(Oc4ccccc4)c3)N2c2ccc(C)cc2)cc1. The van der Waals surface area contributed by atoms with Gasteiger partial charge in [0.05, 0.1) is 5.69 Å². The van der Waals surface area contributed by atoms with Crippen LogP contribution in [0.4, 0.5) is 11.4 Å². The van der Waals surface area contributed by atoms with Gasteiger partial charge in [-0.15, -0.1) is 0 Å². The van der Waals surface area contributed by atoms with E-state index in [0.29, 0.717) is 0 Å². The summed E-state index contributed by atoms with van der Waals surface area (Å²) in [6.45, 7) is 4.17. The second-order valence-electron chi connectivity index (χ2n) is 8.90. The lowest BCUT2D eigenvalue weighted by molar-refractivity contribution is 0.0883. The molecule has 4 aromatic rings. The predicted molar refractivity (Wildman–Crippen MR) is 148 cm³/mol. The Morgan fingerprint density at radius 1 is 0.806 bits per heavy atom. The third-order valence-corrected chi connectivity index (χ3v) is 7.36. The Morgan fingerprint density at radius 3 is 2.25 bits per heavy atom. The van der Waals surface area contributed by atoms with Crippen molar-refractivity contribution < 1.29 is 9.57 Å². The van der Waals surface area contributed by atoms with Gasteiger partial charge < -0.3 is 9.57 Å². The summed E-state index contributed by atoms with van der Waals surface area (Å²) in [4.78, 5) is 13.1. The molecule has 5 nitrogen and oxygen atoms in total. The van der Waals surface area contributed by atoms with E-state index in [9.17, 15) is 0 Å². The number of nitrogens with zero attached hydrogens (tertiary/aromatic N) is 3. The number of aryl methyl sites for hydroxylation is 2. The Bertz CT molecular complexity index is 1430. The van der Waals surface area contributed by atoms with Crippen LogP contribution in [0.3, 0.4) is 0 Å². The van der Waals surface area contributed by atoms with Crippen LogP contribution in [0.2, 0.25) is 0 Å². The van der Waals surface area contributed by atoms with Crippen molar-refractivity contribution in [2.24, 2.45) is 10.1 Å². The number of hydrogen-bond donors (Lipinski definition) is 0. The van der Waals surface area contributed by atoms with Crippen LogP contribution >= 0.6 is 11.8 Å². The number of para-hydroxylation sites is 1. The first-order chi connectivity index (χ1) is 17.6. The molecule has 1 saturated heterocycles. The molecule has 6 heteroatoms. The second-order valence-corrected chi connectivity index (χ2v) is 10.0. The van der Waals surface area contributed by atoms with Gasteiger partial charge in [-0.2, -0.15) is 0 Å². The second kappa shape index (κ2) is 9.55. The van der Waals surface area contributed by atoms with Crippen molar-refractivity contribution in [3.05, 3.63) is 120 Å². The van der Waals surface area contributed by atoms with Gasteiger partial charge in [-0.3, -0.25) is 4.90 Å². The van der Waals surface area contributed by atoms with Crippen LogP contribution in [-0.4, -0.2) is 16.3 Å². The average Bonchev–Trinajstić information content (AvgIpc) is 3.46. The van der Waals surface area contributed by atoms with Gasteiger partial charge in [-0.05, 0) is 62.4 Å². The van der Waals surface area contributed by atoms with Gasteiger partial charge >= 0.3 is 0 Å². The molecule has 0 bridgehead atoms. The standard InChI is InChI=1S/C30H25N3O2S/c1-20-11-15-23(16-12-20)31-30-33(24-17-13-21(2)14-18-24)29-28(36-30)27(35-32-29)22-7-6-10-26(19-22)34-25-8-4-3-5-9-25/h3-19,27-28H,1-2H3. The molecule has 2 aliphatic rings. The lowest BCUT2D eigenvalue weighted by Crippen LogP contribution is -2.31. The number of oxime groups is 1. The highest BCUT2D eigenvalue weighted by Gasteiger charge is 2.48. The zero-order chi connectivity index (χ0) is 24.5. The minimum Gasteiger partial charge on any atom is -0.457 e. The zero-order valence-corrected chi connectivity index (χ0v) is 20.9. The number of benzene rings is 4. The number of amidine groups is 2. The van der Waals surface area contributed by atoms with Crippen LogP contribution in [0.15, 0.2) is 113 Å². The number of anilines is 1. The smallest absolute Gasteiger partial charge is 0.175 e. The van der Waals surface area contributed by atoms with Crippen molar-refractivity contribution in [2.75, 3.05) is 4.90 Å². The summed E-state index contributed by atoms with van der Waals surface area (Å²) < 4.78 is 6.07. The van der Waals surface area contributed by atoms with Crippen molar-refractivity contribution in [3.8, 4) is 11.5 Å². The van der Waals surface area contributed by atoms with Gasteiger partial charge in [0.25, 0.3) is 0 Å². The van der Waals surface area contributed by atoms with Crippen molar-refractivity contribution in [3.63, 3.8) is 0 Å². The van der Waals surface area contributed by atoms with E-state index in [1.807, 2.05) is 60.7 Å². The van der Waals surface area contributed by atoms with Crippen molar-refractivity contribution in [1.82, 2.24) is 0 Å². The van der Waals surface area contributed by atoms with Gasteiger partial charge in [-0.25, -0.2) is 4.99 Å². The first-order valence-electron chi connectivity index (χ1n) is 11.9. The monoisotopic (exact) mass is 491 g/mol. The maximum Gasteiger partial charge on any atom is 0.175 e. The molecule has 178 valence electrons.